The maximum atomic E-state index is 5.97. The van der Waals surface area contributed by atoms with Gasteiger partial charge in [-0.1, -0.05) is 76.2 Å². The van der Waals surface area contributed by atoms with Crippen molar-refractivity contribution in [3.05, 3.63) is 120 Å². The number of nitrogens with zero attached hydrogens (tertiary/aromatic N) is 2. The van der Waals surface area contributed by atoms with Crippen LogP contribution in [0.4, 0.5) is 0 Å². The van der Waals surface area contributed by atoms with Crippen molar-refractivity contribution in [1.29, 1.82) is 0 Å². The number of hydrogen-bond acceptors (Lipinski definition) is 2. The first-order valence-electron chi connectivity index (χ1n) is 15.2. The first kappa shape index (κ1) is 26.3. The summed E-state index contributed by atoms with van der Waals surface area (Å²) >= 11 is 0. The largest absolute Gasteiger partial charge is 0.436 e. The van der Waals surface area contributed by atoms with Crippen molar-refractivity contribution in [3.8, 4) is 28.3 Å². The smallest absolute Gasteiger partial charge is 0.227 e. The minimum atomic E-state index is 0.541. The van der Waals surface area contributed by atoms with Crippen molar-refractivity contribution in [2.24, 2.45) is 0 Å². The fourth-order valence-corrected chi connectivity index (χ4v) is 6.03. The van der Waals surface area contributed by atoms with Crippen LogP contribution in [0.25, 0.3) is 61.2 Å². The van der Waals surface area contributed by atoms with Crippen LogP contribution in [0.3, 0.4) is 0 Å². The predicted molar refractivity (Wildman–Crippen MR) is 177 cm³/mol. The minimum absolute atomic E-state index is 0.541. The van der Waals surface area contributed by atoms with Crippen molar-refractivity contribution in [2.45, 2.75) is 52.4 Å². The molecule has 0 N–H and O–H groups in total. The molecule has 0 aliphatic rings. The Labute approximate surface area is 247 Å². The Morgan fingerprint density at radius 3 is 1.69 bits per heavy atom. The third-order valence-corrected chi connectivity index (χ3v) is 9.06. The molecule has 2 aromatic heterocycles. The van der Waals surface area contributed by atoms with Crippen molar-refractivity contribution < 1.29 is 4.42 Å². The first-order valence-corrected chi connectivity index (χ1v) is 15.2. The lowest BCUT2D eigenvalue weighted by Crippen LogP contribution is -1.95. The highest BCUT2D eigenvalue weighted by atomic mass is 16.3. The lowest BCUT2D eigenvalue weighted by molar-refractivity contribution is 0.620. The summed E-state index contributed by atoms with van der Waals surface area (Å²) in [5, 5.41) is 2.68. The fourth-order valence-electron chi connectivity index (χ4n) is 6.03. The van der Waals surface area contributed by atoms with Crippen LogP contribution in [0.1, 0.15) is 63.5 Å². The van der Waals surface area contributed by atoms with Gasteiger partial charge in [-0.25, -0.2) is 4.98 Å². The van der Waals surface area contributed by atoms with Crippen molar-refractivity contribution in [3.63, 3.8) is 0 Å². The van der Waals surface area contributed by atoms with Gasteiger partial charge in [-0.3, -0.25) is 0 Å². The molecule has 7 aromatic rings. The SMILES string of the molecule is CCC(C)c1ccc2c(c1)c1cc(C(C)CC)ccc1n2-c1ccc(-c2ccc(-c3nc4ccccc4o3)cc2)cc1. The van der Waals surface area contributed by atoms with Crippen LogP contribution < -0.4 is 0 Å². The zero-order chi connectivity index (χ0) is 28.8. The second kappa shape index (κ2) is 10.6. The molecule has 0 aliphatic heterocycles. The summed E-state index contributed by atoms with van der Waals surface area (Å²) in [6.07, 6.45) is 2.28. The van der Waals surface area contributed by atoms with E-state index in [0.717, 1.165) is 29.5 Å². The van der Waals surface area contributed by atoms with Gasteiger partial charge in [0.2, 0.25) is 5.89 Å². The molecule has 0 saturated heterocycles. The first-order chi connectivity index (χ1) is 20.5. The van der Waals surface area contributed by atoms with Crippen LogP contribution >= 0.6 is 0 Å². The standard InChI is InChI=1S/C39H36N2O/c1-5-25(3)30-17-21-36-33(23-30)34-24-31(26(4)6-2)18-22-37(34)41(36)32-19-15-28(16-20-32)27-11-13-29(14-12-27)39-40-35-9-7-8-10-38(35)42-39/h7-26H,5-6H2,1-4H3. The molecule has 0 fully saturated rings. The van der Waals surface area contributed by atoms with Crippen molar-refractivity contribution >= 4 is 32.9 Å². The second-order valence-electron chi connectivity index (χ2n) is 11.6. The molecule has 2 atom stereocenters. The summed E-state index contributed by atoms with van der Waals surface area (Å²) in [6, 6.07) is 39.4. The van der Waals surface area contributed by atoms with Gasteiger partial charge in [0.15, 0.2) is 5.58 Å². The summed E-state index contributed by atoms with van der Waals surface area (Å²) < 4.78 is 8.39. The van der Waals surface area contributed by atoms with Crippen LogP contribution in [0.5, 0.6) is 0 Å². The molecule has 7 rings (SSSR count). The van der Waals surface area contributed by atoms with E-state index in [4.69, 9.17) is 4.42 Å². The number of aromatic nitrogens is 2. The highest BCUT2D eigenvalue weighted by molar-refractivity contribution is 6.09. The second-order valence-corrected chi connectivity index (χ2v) is 11.6. The van der Waals surface area contributed by atoms with Gasteiger partial charge in [-0.15, -0.1) is 0 Å². The number of para-hydroxylation sites is 2. The zero-order valence-electron chi connectivity index (χ0n) is 24.8. The average Bonchev–Trinajstić information content (AvgIpc) is 3.63. The van der Waals surface area contributed by atoms with E-state index in [1.807, 2.05) is 24.3 Å². The van der Waals surface area contributed by atoms with Crippen LogP contribution in [-0.2, 0) is 0 Å². The van der Waals surface area contributed by atoms with E-state index in [0.29, 0.717) is 17.7 Å². The van der Waals surface area contributed by atoms with Gasteiger partial charge in [-0.2, -0.15) is 0 Å². The van der Waals surface area contributed by atoms with Crippen LogP contribution in [0.15, 0.2) is 114 Å². The molecule has 3 nitrogen and oxygen atoms in total. The van der Waals surface area contributed by atoms with E-state index in [1.54, 1.807) is 0 Å². The van der Waals surface area contributed by atoms with Gasteiger partial charge in [0.25, 0.3) is 0 Å². The highest BCUT2D eigenvalue weighted by Gasteiger charge is 2.16. The quantitative estimate of drug-likeness (QED) is 0.198. The number of hydrogen-bond donors (Lipinski definition) is 0. The van der Waals surface area contributed by atoms with E-state index < -0.39 is 0 Å². The van der Waals surface area contributed by atoms with Crippen molar-refractivity contribution in [1.82, 2.24) is 9.55 Å². The Kier molecular flexibility index (Phi) is 6.66. The molecule has 2 heterocycles. The molecule has 0 saturated carbocycles. The van der Waals surface area contributed by atoms with Gasteiger partial charge in [0.1, 0.15) is 5.52 Å². The molecule has 0 bridgehead atoms. The lowest BCUT2D eigenvalue weighted by Gasteiger charge is -2.12. The molecule has 42 heavy (non-hydrogen) atoms. The molecular weight excluding hydrogens is 512 g/mol. The molecule has 3 heteroatoms. The van der Waals surface area contributed by atoms with E-state index in [2.05, 4.69) is 122 Å². The summed E-state index contributed by atoms with van der Waals surface area (Å²) in [6.45, 7) is 9.18. The van der Waals surface area contributed by atoms with Crippen molar-refractivity contribution in [2.75, 3.05) is 0 Å². The van der Waals surface area contributed by atoms with Gasteiger partial charge in [0.05, 0.1) is 11.0 Å². The number of oxazole rings is 1. The predicted octanol–water partition coefficient (Wildman–Crippen LogP) is 11.3. The zero-order valence-corrected chi connectivity index (χ0v) is 24.8. The lowest BCUT2D eigenvalue weighted by atomic mass is 9.95. The Morgan fingerprint density at radius 1 is 0.619 bits per heavy atom. The van der Waals surface area contributed by atoms with Crippen LogP contribution in [0, 0.1) is 0 Å². The fraction of sp³-hybridized carbons (Fsp3) is 0.205. The Morgan fingerprint density at radius 2 is 1.14 bits per heavy atom. The maximum absolute atomic E-state index is 5.97. The van der Waals surface area contributed by atoms with Gasteiger partial charge < -0.3 is 8.98 Å². The third-order valence-electron chi connectivity index (χ3n) is 9.06. The number of rotatable bonds is 7. The summed E-state index contributed by atoms with van der Waals surface area (Å²) in [5.41, 5.74) is 11.5. The van der Waals surface area contributed by atoms with Gasteiger partial charge >= 0.3 is 0 Å². The average molecular weight is 549 g/mol. The number of benzene rings is 5. The number of fused-ring (bicyclic) bond motifs is 4. The molecule has 0 radical (unpaired) electrons. The van der Waals surface area contributed by atoms with Crippen LogP contribution in [-0.4, -0.2) is 9.55 Å². The topological polar surface area (TPSA) is 31.0 Å². The van der Waals surface area contributed by atoms with E-state index in [-0.39, 0.29) is 0 Å². The summed E-state index contributed by atoms with van der Waals surface area (Å²) in [4.78, 5) is 4.65. The van der Waals surface area contributed by atoms with E-state index >= 15 is 0 Å². The molecule has 2 unspecified atom stereocenters. The monoisotopic (exact) mass is 548 g/mol. The summed E-state index contributed by atoms with van der Waals surface area (Å²) in [7, 11) is 0. The van der Waals surface area contributed by atoms with Crippen LogP contribution in [0.2, 0.25) is 0 Å². The minimum Gasteiger partial charge on any atom is -0.436 e. The van der Waals surface area contributed by atoms with E-state index in [9.17, 15) is 0 Å². The Balaban J connectivity index is 1.27. The normalized spacial score (nSPS) is 13.2. The van der Waals surface area contributed by atoms with Gasteiger partial charge in [0, 0.05) is 22.0 Å². The van der Waals surface area contributed by atoms with Gasteiger partial charge in [-0.05, 0) is 108 Å². The molecule has 0 aliphatic carbocycles. The molecular formula is C39H36N2O. The summed E-state index contributed by atoms with van der Waals surface area (Å²) in [5.74, 6) is 1.73. The Bertz CT molecular complexity index is 1930. The molecule has 208 valence electrons. The Hall–Kier alpha value is -4.63. The molecule has 0 spiro atoms. The third kappa shape index (κ3) is 4.50. The maximum Gasteiger partial charge on any atom is 0.227 e. The molecule has 5 aromatic carbocycles. The van der Waals surface area contributed by atoms with E-state index in [1.165, 1.54) is 49.7 Å². The molecule has 0 amide bonds. The highest BCUT2D eigenvalue weighted by Crippen LogP contribution is 2.37.